The van der Waals surface area contributed by atoms with Gasteiger partial charge < -0.3 is 14.6 Å². The van der Waals surface area contributed by atoms with Crippen LogP contribution in [-0.2, 0) is 0 Å². The molecule has 0 radical (unpaired) electrons. The lowest BCUT2D eigenvalue weighted by molar-refractivity contribution is 0.0697. The molecule has 1 atom stereocenters. The molecule has 1 amide bonds. The Labute approximate surface area is 103 Å². The van der Waals surface area contributed by atoms with Gasteiger partial charge in [-0.3, -0.25) is 4.79 Å². The van der Waals surface area contributed by atoms with Crippen LogP contribution in [0.1, 0.15) is 23.2 Å². The van der Waals surface area contributed by atoms with Gasteiger partial charge in [-0.15, -0.1) is 0 Å². The van der Waals surface area contributed by atoms with Crippen molar-refractivity contribution in [1.82, 2.24) is 10.2 Å². The van der Waals surface area contributed by atoms with Gasteiger partial charge in [0.25, 0.3) is 5.91 Å². The summed E-state index contributed by atoms with van der Waals surface area (Å²) in [6.07, 6.45) is 3.68. The number of amides is 1. The zero-order valence-electron chi connectivity index (χ0n) is 9.20. The van der Waals surface area contributed by atoms with Gasteiger partial charge in [-0.05, 0) is 35.8 Å². The van der Waals surface area contributed by atoms with E-state index in [2.05, 4.69) is 21.2 Å². The van der Waals surface area contributed by atoms with Crippen molar-refractivity contribution in [3.63, 3.8) is 0 Å². The van der Waals surface area contributed by atoms with Crippen molar-refractivity contribution in [1.29, 1.82) is 0 Å². The molecule has 2 rings (SSSR count). The van der Waals surface area contributed by atoms with Crippen molar-refractivity contribution in [2.75, 3.05) is 20.1 Å². The third-order valence-corrected chi connectivity index (χ3v) is 3.35. The summed E-state index contributed by atoms with van der Waals surface area (Å²) >= 11 is 3.20. The lowest BCUT2D eigenvalue weighted by Crippen LogP contribution is -2.46. The Morgan fingerprint density at radius 3 is 3.12 bits per heavy atom. The SMILES string of the molecule is CNC1CCCN(C(=O)c2coc(Br)c2)C1. The fourth-order valence-electron chi connectivity index (χ4n) is 2.00. The summed E-state index contributed by atoms with van der Waals surface area (Å²) in [7, 11) is 1.94. The second-order valence-electron chi connectivity index (χ2n) is 4.02. The number of carbonyl (C=O) groups excluding carboxylic acids is 1. The van der Waals surface area contributed by atoms with Crippen molar-refractivity contribution in [3.05, 3.63) is 22.6 Å². The van der Waals surface area contributed by atoms with Gasteiger partial charge in [0.2, 0.25) is 0 Å². The van der Waals surface area contributed by atoms with Crippen molar-refractivity contribution in [3.8, 4) is 0 Å². The zero-order valence-corrected chi connectivity index (χ0v) is 10.8. The molecule has 4 nitrogen and oxygen atoms in total. The predicted molar refractivity (Wildman–Crippen MR) is 64.4 cm³/mol. The summed E-state index contributed by atoms with van der Waals surface area (Å²) < 4.78 is 5.68. The van der Waals surface area contributed by atoms with Crippen LogP contribution < -0.4 is 5.32 Å². The molecule has 0 spiro atoms. The van der Waals surface area contributed by atoms with Crippen molar-refractivity contribution in [2.24, 2.45) is 0 Å². The molecule has 1 aliphatic rings. The van der Waals surface area contributed by atoms with E-state index in [0.717, 1.165) is 25.9 Å². The number of nitrogens with one attached hydrogen (secondary N) is 1. The lowest BCUT2D eigenvalue weighted by atomic mass is 10.1. The summed E-state index contributed by atoms with van der Waals surface area (Å²) in [5, 5.41) is 3.22. The average molecular weight is 287 g/mol. The summed E-state index contributed by atoms with van der Waals surface area (Å²) in [6, 6.07) is 2.12. The molecule has 88 valence electrons. The standard InChI is InChI=1S/C11H15BrN2O2/c1-13-9-3-2-4-14(6-9)11(15)8-5-10(12)16-7-8/h5,7,9,13H,2-4,6H2,1H3. The van der Waals surface area contributed by atoms with Gasteiger partial charge in [0, 0.05) is 25.2 Å². The molecule has 16 heavy (non-hydrogen) atoms. The number of piperidine rings is 1. The Kier molecular flexibility index (Phi) is 3.66. The zero-order chi connectivity index (χ0) is 11.5. The Morgan fingerprint density at radius 1 is 1.69 bits per heavy atom. The Morgan fingerprint density at radius 2 is 2.50 bits per heavy atom. The molecule has 1 N–H and O–H groups in total. The van der Waals surface area contributed by atoms with Crippen LogP contribution >= 0.6 is 15.9 Å². The van der Waals surface area contributed by atoms with Gasteiger partial charge in [0.1, 0.15) is 6.26 Å². The number of likely N-dealkylation sites (N-methyl/N-ethyl adjacent to an activating group) is 1. The lowest BCUT2D eigenvalue weighted by Gasteiger charge is -2.32. The van der Waals surface area contributed by atoms with E-state index in [1.54, 1.807) is 6.07 Å². The Bertz CT molecular complexity index is 378. The molecule has 0 aromatic carbocycles. The molecule has 1 aliphatic heterocycles. The Balaban J connectivity index is 2.04. The van der Waals surface area contributed by atoms with E-state index in [9.17, 15) is 4.79 Å². The molecule has 2 heterocycles. The number of nitrogens with zero attached hydrogens (tertiary/aromatic N) is 1. The van der Waals surface area contributed by atoms with Gasteiger partial charge in [0.05, 0.1) is 5.56 Å². The molecule has 0 bridgehead atoms. The highest BCUT2D eigenvalue weighted by Gasteiger charge is 2.24. The third kappa shape index (κ3) is 2.47. The van der Waals surface area contributed by atoms with Crippen LogP contribution in [0.15, 0.2) is 21.4 Å². The van der Waals surface area contributed by atoms with Crippen molar-refractivity contribution >= 4 is 21.8 Å². The fourth-order valence-corrected chi connectivity index (χ4v) is 2.34. The first-order valence-electron chi connectivity index (χ1n) is 5.41. The molecule has 1 fully saturated rings. The first kappa shape index (κ1) is 11.7. The van der Waals surface area contributed by atoms with Crippen LogP contribution in [0.2, 0.25) is 0 Å². The molecular formula is C11H15BrN2O2. The first-order valence-corrected chi connectivity index (χ1v) is 6.20. The quantitative estimate of drug-likeness (QED) is 0.903. The number of halogens is 1. The van der Waals surface area contributed by atoms with Crippen LogP contribution in [0.25, 0.3) is 0 Å². The number of hydrogen-bond donors (Lipinski definition) is 1. The highest BCUT2D eigenvalue weighted by Crippen LogP contribution is 2.18. The van der Waals surface area contributed by atoms with E-state index < -0.39 is 0 Å². The van der Waals surface area contributed by atoms with E-state index in [1.165, 1.54) is 6.26 Å². The summed E-state index contributed by atoms with van der Waals surface area (Å²) in [5.74, 6) is 0.0504. The second-order valence-corrected chi connectivity index (χ2v) is 4.80. The van der Waals surface area contributed by atoms with Crippen LogP contribution in [0.5, 0.6) is 0 Å². The minimum absolute atomic E-state index is 0.0504. The smallest absolute Gasteiger partial charge is 0.257 e. The molecule has 5 heteroatoms. The van der Waals surface area contributed by atoms with Crippen LogP contribution in [0, 0.1) is 0 Å². The molecule has 1 aromatic heterocycles. The van der Waals surface area contributed by atoms with E-state index in [4.69, 9.17) is 4.42 Å². The number of hydrogen-bond acceptors (Lipinski definition) is 3. The van der Waals surface area contributed by atoms with Gasteiger partial charge >= 0.3 is 0 Å². The molecule has 1 aromatic rings. The van der Waals surface area contributed by atoms with E-state index in [-0.39, 0.29) is 5.91 Å². The summed E-state index contributed by atoms with van der Waals surface area (Å²) in [4.78, 5) is 14.0. The summed E-state index contributed by atoms with van der Waals surface area (Å²) in [6.45, 7) is 1.61. The molecular weight excluding hydrogens is 272 g/mol. The molecule has 1 saturated heterocycles. The molecule has 1 unspecified atom stereocenters. The van der Waals surface area contributed by atoms with Crippen molar-refractivity contribution in [2.45, 2.75) is 18.9 Å². The number of likely N-dealkylation sites (tertiary alicyclic amines) is 1. The number of carbonyl (C=O) groups is 1. The predicted octanol–water partition coefficient (Wildman–Crippen LogP) is 1.87. The normalized spacial score (nSPS) is 21.1. The van der Waals surface area contributed by atoms with Crippen LogP contribution in [-0.4, -0.2) is 37.0 Å². The van der Waals surface area contributed by atoms with E-state index >= 15 is 0 Å². The monoisotopic (exact) mass is 286 g/mol. The van der Waals surface area contributed by atoms with Crippen LogP contribution in [0.4, 0.5) is 0 Å². The second kappa shape index (κ2) is 5.01. The molecule has 0 saturated carbocycles. The van der Waals surface area contributed by atoms with E-state index in [0.29, 0.717) is 16.3 Å². The summed E-state index contributed by atoms with van der Waals surface area (Å²) in [5.41, 5.74) is 0.614. The number of furan rings is 1. The topological polar surface area (TPSA) is 45.5 Å². The largest absolute Gasteiger partial charge is 0.457 e. The Hall–Kier alpha value is -0.810. The van der Waals surface area contributed by atoms with Gasteiger partial charge in [-0.1, -0.05) is 0 Å². The van der Waals surface area contributed by atoms with Gasteiger partial charge in [0.15, 0.2) is 4.67 Å². The minimum atomic E-state index is 0.0504. The highest BCUT2D eigenvalue weighted by molar-refractivity contribution is 9.10. The number of rotatable bonds is 2. The third-order valence-electron chi connectivity index (χ3n) is 2.93. The van der Waals surface area contributed by atoms with Crippen LogP contribution in [0.3, 0.4) is 0 Å². The van der Waals surface area contributed by atoms with E-state index in [1.807, 2.05) is 11.9 Å². The van der Waals surface area contributed by atoms with Gasteiger partial charge in [-0.25, -0.2) is 0 Å². The van der Waals surface area contributed by atoms with Gasteiger partial charge in [-0.2, -0.15) is 0 Å². The minimum Gasteiger partial charge on any atom is -0.457 e. The maximum atomic E-state index is 12.1. The first-order chi connectivity index (χ1) is 7.70. The highest BCUT2D eigenvalue weighted by atomic mass is 79.9. The maximum Gasteiger partial charge on any atom is 0.257 e. The molecule has 0 aliphatic carbocycles. The fraction of sp³-hybridized carbons (Fsp3) is 0.545. The van der Waals surface area contributed by atoms with Crippen molar-refractivity contribution < 1.29 is 9.21 Å². The maximum absolute atomic E-state index is 12.1. The average Bonchev–Trinajstić information content (AvgIpc) is 2.75.